The lowest BCUT2D eigenvalue weighted by molar-refractivity contribution is 0.0456. The number of anilines is 1. The second kappa shape index (κ2) is 6.14. The fourth-order valence-corrected chi connectivity index (χ4v) is 3.41. The summed E-state index contributed by atoms with van der Waals surface area (Å²) in [5.74, 6) is 1.12. The number of aryl methyl sites for hydroxylation is 1. The Bertz CT molecular complexity index is 439. The highest BCUT2D eigenvalue weighted by Gasteiger charge is 2.26. The Balaban J connectivity index is 1.81. The van der Waals surface area contributed by atoms with Gasteiger partial charge in [-0.15, -0.1) is 0 Å². The Morgan fingerprint density at radius 2 is 2.15 bits per heavy atom. The normalized spacial score (nSPS) is 25.1. The number of nitrogens with zero attached hydrogens (tertiary/aromatic N) is 3. The van der Waals surface area contributed by atoms with Crippen LogP contribution in [0.15, 0.2) is 6.20 Å². The lowest BCUT2D eigenvalue weighted by Crippen LogP contribution is -2.46. The molecule has 5 heteroatoms. The molecule has 2 N–H and O–H groups in total. The van der Waals surface area contributed by atoms with Crippen LogP contribution in [0, 0.1) is 6.92 Å². The number of hydrogen-bond acceptors (Lipinski definition) is 4. The highest BCUT2D eigenvalue weighted by Crippen LogP contribution is 2.32. The van der Waals surface area contributed by atoms with Crippen LogP contribution in [-0.4, -0.2) is 41.9 Å². The van der Waals surface area contributed by atoms with E-state index < -0.39 is 0 Å². The van der Waals surface area contributed by atoms with Crippen LogP contribution in [0.2, 0.25) is 0 Å². The second-order valence-electron chi connectivity index (χ2n) is 6.06. The molecule has 1 aromatic rings. The fraction of sp³-hybridized carbons (Fsp3) is 0.800. The van der Waals surface area contributed by atoms with Gasteiger partial charge >= 0.3 is 0 Å². The van der Waals surface area contributed by atoms with E-state index >= 15 is 0 Å². The first-order valence-electron chi connectivity index (χ1n) is 7.90. The molecule has 1 aromatic heterocycles. The number of hydrogen-bond donors (Lipinski definition) is 1. The molecule has 0 aromatic carbocycles. The molecule has 3 rings (SSSR count). The van der Waals surface area contributed by atoms with Gasteiger partial charge in [0, 0.05) is 31.9 Å². The number of morpholine rings is 1. The van der Waals surface area contributed by atoms with Gasteiger partial charge < -0.3 is 19.9 Å². The lowest BCUT2D eigenvalue weighted by atomic mass is 9.95. The molecule has 0 spiro atoms. The van der Waals surface area contributed by atoms with Crippen molar-refractivity contribution in [2.24, 2.45) is 5.73 Å². The van der Waals surface area contributed by atoms with Crippen LogP contribution in [0.4, 0.5) is 5.95 Å². The van der Waals surface area contributed by atoms with E-state index in [-0.39, 0.29) is 6.10 Å². The van der Waals surface area contributed by atoms with Crippen LogP contribution in [-0.2, 0) is 4.74 Å². The van der Waals surface area contributed by atoms with Crippen LogP contribution >= 0.6 is 0 Å². The van der Waals surface area contributed by atoms with Crippen molar-refractivity contribution in [1.29, 1.82) is 0 Å². The number of ether oxygens (including phenoxy) is 1. The van der Waals surface area contributed by atoms with Crippen molar-refractivity contribution in [1.82, 2.24) is 9.55 Å². The van der Waals surface area contributed by atoms with Crippen LogP contribution in [0.1, 0.15) is 43.8 Å². The van der Waals surface area contributed by atoms with E-state index in [0.717, 1.165) is 31.3 Å². The van der Waals surface area contributed by atoms with Crippen LogP contribution in [0.5, 0.6) is 0 Å². The maximum Gasteiger partial charge on any atom is 0.206 e. The Hall–Kier alpha value is -1.07. The van der Waals surface area contributed by atoms with Gasteiger partial charge in [0.1, 0.15) is 0 Å². The summed E-state index contributed by atoms with van der Waals surface area (Å²) in [5.41, 5.74) is 6.86. The molecule has 112 valence electrons. The first-order chi connectivity index (χ1) is 9.78. The Morgan fingerprint density at radius 1 is 1.35 bits per heavy atom. The van der Waals surface area contributed by atoms with Crippen molar-refractivity contribution in [3.63, 3.8) is 0 Å². The summed E-state index contributed by atoms with van der Waals surface area (Å²) >= 11 is 0. The third-order valence-electron chi connectivity index (χ3n) is 4.49. The Morgan fingerprint density at radius 3 is 2.90 bits per heavy atom. The van der Waals surface area contributed by atoms with Crippen molar-refractivity contribution in [2.75, 3.05) is 31.1 Å². The van der Waals surface area contributed by atoms with Gasteiger partial charge in [0.15, 0.2) is 0 Å². The number of imidazole rings is 1. The fourth-order valence-electron chi connectivity index (χ4n) is 3.41. The van der Waals surface area contributed by atoms with Crippen molar-refractivity contribution in [3.8, 4) is 0 Å². The molecule has 5 nitrogen and oxygen atoms in total. The van der Waals surface area contributed by atoms with Crippen molar-refractivity contribution < 1.29 is 4.74 Å². The second-order valence-corrected chi connectivity index (χ2v) is 6.06. The van der Waals surface area contributed by atoms with Gasteiger partial charge in [-0.2, -0.15) is 0 Å². The summed E-state index contributed by atoms with van der Waals surface area (Å²) in [4.78, 5) is 7.12. The molecule has 1 atom stereocenters. The van der Waals surface area contributed by atoms with Gasteiger partial charge in [0.25, 0.3) is 0 Å². The maximum absolute atomic E-state index is 5.75. The molecule has 1 saturated heterocycles. The number of nitrogens with two attached hydrogens (primary N) is 1. The highest BCUT2D eigenvalue weighted by atomic mass is 16.5. The van der Waals surface area contributed by atoms with Crippen LogP contribution in [0.25, 0.3) is 0 Å². The maximum atomic E-state index is 5.75. The quantitative estimate of drug-likeness (QED) is 0.917. The van der Waals surface area contributed by atoms with E-state index in [2.05, 4.69) is 22.6 Å². The van der Waals surface area contributed by atoms with Crippen molar-refractivity contribution in [2.45, 2.75) is 51.2 Å². The molecule has 1 aliphatic heterocycles. The van der Waals surface area contributed by atoms with E-state index in [1.807, 2.05) is 0 Å². The molecule has 1 aliphatic carbocycles. The standard InChI is InChI=1S/C15H26N4O/c1-12-10-19(13-5-3-2-4-6-13)15(17-12)18-7-8-20-14(9-16)11-18/h10,13-14H,2-9,11,16H2,1H3. The topological polar surface area (TPSA) is 56.3 Å². The zero-order chi connectivity index (χ0) is 13.9. The third kappa shape index (κ3) is 2.83. The smallest absolute Gasteiger partial charge is 0.206 e. The van der Waals surface area contributed by atoms with E-state index in [9.17, 15) is 0 Å². The van der Waals surface area contributed by atoms with E-state index in [0.29, 0.717) is 12.6 Å². The molecule has 2 heterocycles. The predicted molar refractivity (Wildman–Crippen MR) is 80.1 cm³/mol. The molecule has 2 aliphatic rings. The zero-order valence-electron chi connectivity index (χ0n) is 12.4. The third-order valence-corrected chi connectivity index (χ3v) is 4.49. The zero-order valence-corrected chi connectivity index (χ0v) is 12.4. The molecule has 0 radical (unpaired) electrons. The van der Waals surface area contributed by atoms with Crippen LogP contribution < -0.4 is 10.6 Å². The summed E-state index contributed by atoms with van der Waals surface area (Å²) in [6.45, 7) is 5.20. The van der Waals surface area contributed by atoms with Gasteiger partial charge in [-0.25, -0.2) is 4.98 Å². The van der Waals surface area contributed by atoms with Gasteiger partial charge in [-0.05, 0) is 19.8 Å². The summed E-state index contributed by atoms with van der Waals surface area (Å²) in [6, 6.07) is 0.624. The van der Waals surface area contributed by atoms with E-state index in [4.69, 9.17) is 15.5 Å². The number of aromatic nitrogens is 2. The molecule has 0 bridgehead atoms. The average Bonchev–Trinajstić information content (AvgIpc) is 2.90. The number of rotatable bonds is 3. The first-order valence-corrected chi connectivity index (χ1v) is 7.90. The molecule has 0 amide bonds. The first kappa shape index (κ1) is 13.9. The lowest BCUT2D eigenvalue weighted by Gasteiger charge is -2.35. The highest BCUT2D eigenvalue weighted by molar-refractivity contribution is 5.35. The van der Waals surface area contributed by atoms with E-state index in [1.165, 1.54) is 32.1 Å². The predicted octanol–water partition coefficient (Wildman–Crippen LogP) is 1.86. The molecular formula is C15H26N4O. The summed E-state index contributed by atoms with van der Waals surface area (Å²) in [7, 11) is 0. The van der Waals surface area contributed by atoms with Crippen LogP contribution in [0.3, 0.4) is 0 Å². The molecule has 1 saturated carbocycles. The van der Waals surface area contributed by atoms with Crippen molar-refractivity contribution >= 4 is 5.95 Å². The largest absolute Gasteiger partial charge is 0.373 e. The minimum absolute atomic E-state index is 0.139. The summed E-state index contributed by atoms with van der Waals surface area (Å²) in [6.07, 6.45) is 9.00. The molecule has 1 unspecified atom stereocenters. The minimum atomic E-state index is 0.139. The summed E-state index contributed by atoms with van der Waals surface area (Å²) in [5, 5.41) is 0. The molecule has 20 heavy (non-hydrogen) atoms. The van der Waals surface area contributed by atoms with Gasteiger partial charge in [-0.3, -0.25) is 0 Å². The Kier molecular flexibility index (Phi) is 4.27. The minimum Gasteiger partial charge on any atom is -0.373 e. The average molecular weight is 278 g/mol. The molecular weight excluding hydrogens is 252 g/mol. The van der Waals surface area contributed by atoms with Gasteiger partial charge in [0.05, 0.1) is 18.4 Å². The Labute approximate surface area is 121 Å². The van der Waals surface area contributed by atoms with Crippen molar-refractivity contribution in [3.05, 3.63) is 11.9 Å². The monoisotopic (exact) mass is 278 g/mol. The van der Waals surface area contributed by atoms with Gasteiger partial charge in [0.2, 0.25) is 5.95 Å². The molecule has 2 fully saturated rings. The summed E-state index contributed by atoms with van der Waals surface area (Å²) < 4.78 is 8.08. The SMILES string of the molecule is Cc1cn(C2CCCCC2)c(N2CCOC(CN)C2)n1. The van der Waals surface area contributed by atoms with Gasteiger partial charge in [-0.1, -0.05) is 19.3 Å². The van der Waals surface area contributed by atoms with E-state index in [1.54, 1.807) is 0 Å².